The quantitative estimate of drug-likeness (QED) is 0.510. The molecule has 0 saturated carbocycles. The Hall–Kier alpha value is -1.95. The highest BCUT2D eigenvalue weighted by Crippen LogP contribution is 2.20. The van der Waals surface area contributed by atoms with Crippen molar-refractivity contribution in [1.29, 1.82) is 5.26 Å². The lowest BCUT2D eigenvalue weighted by Crippen LogP contribution is -2.31. The van der Waals surface area contributed by atoms with Crippen LogP contribution in [0, 0.1) is 16.7 Å². The van der Waals surface area contributed by atoms with E-state index in [0.29, 0.717) is 19.4 Å². The second-order valence-corrected chi connectivity index (χ2v) is 9.01. The van der Waals surface area contributed by atoms with Gasteiger partial charge in [-0.1, -0.05) is 0 Å². The molecule has 7 nitrogen and oxygen atoms in total. The van der Waals surface area contributed by atoms with E-state index in [1.54, 1.807) is 0 Å². The maximum absolute atomic E-state index is 12.3. The van der Waals surface area contributed by atoms with Crippen molar-refractivity contribution < 1.29 is 22.7 Å². The zero-order valence-electron chi connectivity index (χ0n) is 15.7. The second kappa shape index (κ2) is 9.31. The van der Waals surface area contributed by atoms with E-state index in [4.69, 9.17) is 14.7 Å². The number of nitrogens with one attached hydrogen (secondary N) is 1. The minimum absolute atomic E-state index is 0.0833. The molecule has 1 aromatic rings. The highest BCUT2D eigenvalue weighted by molar-refractivity contribution is 7.89. The molecule has 1 atom stereocenters. The molecule has 1 aromatic carbocycles. The highest BCUT2D eigenvalue weighted by Gasteiger charge is 2.21. The third-order valence-corrected chi connectivity index (χ3v) is 5.85. The van der Waals surface area contributed by atoms with Crippen molar-refractivity contribution in [2.24, 2.45) is 5.41 Å². The average Bonchev–Trinajstić information content (AvgIpc) is 3.17. The number of benzene rings is 1. The van der Waals surface area contributed by atoms with Crippen LogP contribution < -0.4 is 4.72 Å². The van der Waals surface area contributed by atoms with E-state index in [9.17, 15) is 13.2 Å². The summed E-state index contributed by atoms with van der Waals surface area (Å²) in [5.41, 5.74) is -0.161. The Morgan fingerprint density at radius 1 is 1.37 bits per heavy atom. The van der Waals surface area contributed by atoms with E-state index >= 15 is 0 Å². The fourth-order valence-corrected chi connectivity index (χ4v) is 3.75. The van der Waals surface area contributed by atoms with Crippen LogP contribution in [0.4, 0.5) is 0 Å². The van der Waals surface area contributed by atoms with Crippen LogP contribution in [0.5, 0.6) is 0 Å². The van der Waals surface area contributed by atoms with Crippen LogP contribution in [0.2, 0.25) is 0 Å². The third-order valence-electron chi connectivity index (χ3n) is 4.41. The predicted molar refractivity (Wildman–Crippen MR) is 99.5 cm³/mol. The van der Waals surface area contributed by atoms with Crippen molar-refractivity contribution in [2.75, 3.05) is 19.8 Å². The zero-order valence-corrected chi connectivity index (χ0v) is 16.5. The lowest BCUT2D eigenvalue weighted by molar-refractivity contribution is 0.0491. The molecule has 1 N–H and O–H groups in total. The molecule has 27 heavy (non-hydrogen) atoms. The van der Waals surface area contributed by atoms with Gasteiger partial charge in [-0.15, -0.1) is 0 Å². The number of hydrogen-bond donors (Lipinski definition) is 1. The zero-order chi connectivity index (χ0) is 19.9. The van der Waals surface area contributed by atoms with Gasteiger partial charge in [0.25, 0.3) is 0 Å². The van der Waals surface area contributed by atoms with Gasteiger partial charge in [0.2, 0.25) is 10.0 Å². The topological polar surface area (TPSA) is 105 Å². The molecule has 0 radical (unpaired) electrons. The van der Waals surface area contributed by atoms with Gasteiger partial charge in [0.05, 0.1) is 34.7 Å². The molecular formula is C19H26N2O5S. The maximum Gasteiger partial charge on any atom is 0.338 e. The lowest BCUT2D eigenvalue weighted by atomic mass is 9.90. The average molecular weight is 394 g/mol. The summed E-state index contributed by atoms with van der Waals surface area (Å²) in [5.74, 6) is -0.513. The first-order valence-electron chi connectivity index (χ1n) is 9.03. The van der Waals surface area contributed by atoms with E-state index in [-0.39, 0.29) is 29.7 Å². The molecule has 0 bridgehead atoms. The number of sulfonamides is 1. The number of nitriles is 1. The summed E-state index contributed by atoms with van der Waals surface area (Å²) in [6, 6.07) is 7.83. The fraction of sp³-hybridized carbons (Fsp3) is 0.579. The van der Waals surface area contributed by atoms with Crippen LogP contribution in [0.25, 0.3) is 0 Å². The highest BCUT2D eigenvalue weighted by atomic mass is 32.2. The van der Waals surface area contributed by atoms with Crippen molar-refractivity contribution in [3.05, 3.63) is 29.8 Å². The Morgan fingerprint density at radius 2 is 2.07 bits per heavy atom. The van der Waals surface area contributed by atoms with E-state index < -0.39 is 21.4 Å². The molecule has 1 aliphatic heterocycles. The summed E-state index contributed by atoms with van der Waals surface area (Å²) in [6.45, 7) is 4.79. The van der Waals surface area contributed by atoms with Crippen molar-refractivity contribution in [2.45, 2.75) is 50.5 Å². The molecule has 148 valence electrons. The Bertz CT molecular complexity index is 775. The van der Waals surface area contributed by atoms with E-state index in [1.807, 2.05) is 13.8 Å². The third kappa shape index (κ3) is 6.61. The SMILES string of the molecule is CC(C)(C#N)CCCOC(=O)c1ccc(S(=O)(=O)NC[C@@H]2CCCO2)cc1. The monoisotopic (exact) mass is 394 g/mol. The summed E-state index contributed by atoms with van der Waals surface area (Å²) in [4.78, 5) is 12.1. The van der Waals surface area contributed by atoms with Crippen molar-refractivity contribution in [1.82, 2.24) is 4.72 Å². The van der Waals surface area contributed by atoms with Crippen molar-refractivity contribution in [3.8, 4) is 6.07 Å². The van der Waals surface area contributed by atoms with Gasteiger partial charge in [0.15, 0.2) is 0 Å². The van der Waals surface area contributed by atoms with Gasteiger partial charge in [-0.3, -0.25) is 0 Å². The van der Waals surface area contributed by atoms with Gasteiger partial charge in [-0.25, -0.2) is 17.9 Å². The molecule has 1 saturated heterocycles. The summed E-state index contributed by atoms with van der Waals surface area (Å²) < 4.78 is 37.7. The summed E-state index contributed by atoms with van der Waals surface area (Å²) in [7, 11) is -3.64. The van der Waals surface area contributed by atoms with Gasteiger partial charge in [0, 0.05) is 13.2 Å². The van der Waals surface area contributed by atoms with Crippen LogP contribution in [0.15, 0.2) is 29.2 Å². The number of ether oxygens (including phenoxy) is 2. The van der Waals surface area contributed by atoms with Gasteiger partial charge in [0.1, 0.15) is 0 Å². The number of esters is 1. The molecule has 1 aliphatic rings. The minimum atomic E-state index is -3.64. The molecular weight excluding hydrogens is 368 g/mol. The van der Waals surface area contributed by atoms with Crippen LogP contribution in [-0.4, -0.2) is 40.2 Å². The molecule has 0 spiro atoms. The van der Waals surface area contributed by atoms with Crippen molar-refractivity contribution >= 4 is 16.0 Å². The second-order valence-electron chi connectivity index (χ2n) is 7.25. The molecule has 0 aliphatic carbocycles. The molecule has 8 heteroatoms. The molecule has 2 rings (SSSR count). The van der Waals surface area contributed by atoms with Crippen LogP contribution in [-0.2, 0) is 19.5 Å². The first-order valence-corrected chi connectivity index (χ1v) is 10.5. The summed E-state index contributed by atoms with van der Waals surface area (Å²) in [6.07, 6.45) is 2.92. The Kier molecular flexibility index (Phi) is 7.36. The van der Waals surface area contributed by atoms with Crippen LogP contribution >= 0.6 is 0 Å². The number of hydrogen-bond acceptors (Lipinski definition) is 6. The predicted octanol–water partition coefficient (Wildman–Crippen LogP) is 2.63. The lowest BCUT2D eigenvalue weighted by Gasteiger charge is -2.14. The van der Waals surface area contributed by atoms with E-state index in [0.717, 1.165) is 12.8 Å². The molecule has 0 aromatic heterocycles. The number of carbonyl (C=O) groups excluding carboxylic acids is 1. The first-order chi connectivity index (χ1) is 12.7. The van der Waals surface area contributed by atoms with E-state index in [1.165, 1.54) is 24.3 Å². The Labute approximate surface area is 160 Å². The number of carbonyl (C=O) groups is 1. The smallest absolute Gasteiger partial charge is 0.338 e. The van der Waals surface area contributed by atoms with Gasteiger partial charge < -0.3 is 9.47 Å². The molecule has 1 fully saturated rings. The fourth-order valence-electron chi connectivity index (χ4n) is 2.68. The molecule has 0 unspecified atom stereocenters. The number of nitrogens with zero attached hydrogens (tertiary/aromatic N) is 1. The Balaban J connectivity index is 1.84. The van der Waals surface area contributed by atoms with Gasteiger partial charge in [-0.2, -0.15) is 5.26 Å². The van der Waals surface area contributed by atoms with Gasteiger partial charge in [-0.05, 0) is 63.8 Å². The number of rotatable bonds is 9. The molecule has 1 heterocycles. The first kappa shape index (κ1) is 21.4. The standard InChI is InChI=1S/C19H26N2O5S/c1-19(2,14-20)10-4-12-26-18(22)15-6-8-17(9-7-15)27(23,24)21-13-16-5-3-11-25-16/h6-9,16,21H,3-5,10-13H2,1-2H3/t16-/m0/s1. The minimum Gasteiger partial charge on any atom is -0.462 e. The Morgan fingerprint density at radius 3 is 2.67 bits per heavy atom. The normalized spacial score (nSPS) is 17.4. The van der Waals surface area contributed by atoms with Crippen LogP contribution in [0.1, 0.15) is 49.9 Å². The van der Waals surface area contributed by atoms with Crippen LogP contribution in [0.3, 0.4) is 0 Å². The summed E-state index contributed by atoms with van der Waals surface area (Å²) in [5, 5.41) is 8.95. The summed E-state index contributed by atoms with van der Waals surface area (Å²) >= 11 is 0. The van der Waals surface area contributed by atoms with Gasteiger partial charge >= 0.3 is 5.97 Å². The van der Waals surface area contributed by atoms with E-state index in [2.05, 4.69) is 10.8 Å². The maximum atomic E-state index is 12.3. The molecule has 0 amide bonds. The van der Waals surface area contributed by atoms with Crippen molar-refractivity contribution in [3.63, 3.8) is 0 Å². The largest absolute Gasteiger partial charge is 0.462 e.